The molecule has 5 rings (SSSR count). The maximum Gasteiger partial charge on any atom is 0.309 e. The second-order valence-electron chi connectivity index (χ2n) is 13.2. The van der Waals surface area contributed by atoms with Gasteiger partial charge in [-0.15, -0.1) is 0 Å². The van der Waals surface area contributed by atoms with E-state index in [1.54, 1.807) is 24.3 Å². The Balaban J connectivity index is 0.890. The lowest BCUT2D eigenvalue weighted by Crippen LogP contribution is -2.47. The van der Waals surface area contributed by atoms with Crippen LogP contribution in [0.1, 0.15) is 62.1 Å². The van der Waals surface area contributed by atoms with Gasteiger partial charge in [-0.25, -0.2) is 0 Å². The molecule has 2 aliphatic heterocycles. The normalized spacial score (nSPS) is 23.8. The third kappa shape index (κ3) is 9.84. The van der Waals surface area contributed by atoms with E-state index in [4.69, 9.17) is 4.74 Å². The van der Waals surface area contributed by atoms with Crippen LogP contribution in [-0.2, 0) is 30.5 Å². The van der Waals surface area contributed by atoms with Crippen molar-refractivity contribution in [3.05, 3.63) is 66.0 Å². The molecule has 1 aliphatic carbocycles. The standard InChI is InChI=1S/C36H50N6O5/c1-40-32(43)24-31(33(40)30-10-5-15-37-25-30)35(45)39-17-7-19-42-22-20-41(21-23-42)18-6-16-38-34(44)28-11-13-29(14-12-28)36(46)47-26-27-8-3-2-4-9-27/h2-5,8-10,15,25,28-29,31,33H,6-7,11-14,16-24,26H2,1H3,(H,38,44)(H,39,45)/t28?,29?,31-,33+/m0/s1. The Bertz CT molecular complexity index is 1310. The van der Waals surface area contributed by atoms with Gasteiger partial charge >= 0.3 is 5.97 Å². The molecule has 2 saturated heterocycles. The summed E-state index contributed by atoms with van der Waals surface area (Å²) in [5.41, 5.74) is 1.87. The van der Waals surface area contributed by atoms with Crippen molar-refractivity contribution in [3.8, 4) is 0 Å². The van der Waals surface area contributed by atoms with Crippen molar-refractivity contribution in [2.24, 2.45) is 17.8 Å². The van der Waals surface area contributed by atoms with Gasteiger partial charge in [-0.1, -0.05) is 36.4 Å². The number of esters is 1. The van der Waals surface area contributed by atoms with Gasteiger partial charge in [0.15, 0.2) is 0 Å². The average molecular weight is 647 g/mol. The van der Waals surface area contributed by atoms with E-state index in [9.17, 15) is 19.2 Å². The molecular formula is C36H50N6O5. The van der Waals surface area contributed by atoms with Gasteiger partial charge in [-0.2, -0.15) is 0 Å². The lowest BCUT2D eigenvalue weighted by Gasteiger charge is -2.34. The Morgan fingerprint density at radius 1 is 0.830 bits per heavy atom. The molecule has 3 heterocycles. The molecule has 47 heavy (non-hydrogen) atoms. The van der Waals surface area contributed by atoms with E-state index in [0.29, 0.717) is 32.5 Å². The lowest BCUT2D eigenvalue weighted by molar-refractivity contribution is -0.152. The summed E-state index contributed by atoms with van der Waals surface area (Å²) in [6, 6.07) is 13.2. The highest BCUT2D eigenvalue weighted by Crippen LogP contribution is 2.36. The van der Waals surface area contributed by atoms with E-state index in [-0.39, 0.29) is 48.0 Å². The van der Waals surface area contributed by atoms with Crippen molar-refractivity contribution >= 4 is 23.7 Å². The number of carbonyl (C=O) groups is 4. The molecule has 11 nitrogen and oxygen atoms in total. The number of amides is 3. The number of nitrogens with one attached hydrogen (secondary N) is 2. The number of likely N-dealkylation sites (tertiary alicyclic amines) is 1. The van der Waals surface area contributed by atoms with Crippen molar-refractivity contribution in [1.82, 2.24) is 30.3 Å². The van der Waals surface area contributed by atoms with E-state index >= 15 is 0 Å². The molecule has 0 unspecified atom stereocenters. The van der Waals surface area contributed by atoms with E-state index in [0.717, 1.165) is 76.1 Å². The topological polar surface area (TPSA) is 124 Å². The lowest BCUT2D eigenvalue weighted by atomic mass is 9.81. The number of nitrogens with zero attached hydrogens (tertiary/aromatic N) is 4. The number of aromatic nitrogens is 1. The minimum Gasteiger partial charge on any atom is -0.461 e. The van der Waals surface area contributed by atoms with Gasteiger partial charge in [0.25, 0.3) is 0 Å². The summed E-state index contributed by atoms with van der Waals surface area (Å²) in [5.74, 6) is -0.667. The molecule has 1 aromatic heterocycles. The van der Waals surface area contributed by atoms with Crippen LogP contribution < -0.4 is 10.6 Å². The number of pyridine rings is 1. The number of hydrogen-bond acceptors (Lipinski definition) is 8. The first-order chi connectivity index (χ1) is 22.9. The second kappa shape index (κ2) is 17.4. The Hall–Kier alpha value is -3.83. The number of ether oxygens (including phenoxy) is 1. The Labute approximate surface area is 278 Å². The minimum atomic E-state index is -0.402. The molecule has 2 aromatic rings. The number of benzene rings is 1. The Morgan fingerprint density at radius 2 is 1.45 bits per heavy atom. The zero-order chi connectivity index (χ0) is 33.0. The zero-order valence-electron chi connectivity index (χ0n) is 27.6. The van der Waals surface area contributed by atoms with Crippen molar-refractivity contribution < 1.29 is 23.9 Å². The van der Waals surface area contributed by atoms with Gasteiger partial charge in [0.1, 0.15) is 6.61 Å². The summed E-state index contributed by atoms with van der Waals surface area (Å²) < 4.78 is 5.50. The second-order valence-corrected chi connectivity index (χ2v) is 13.2. The predicted molar refractivity (Wildman–Crippen MR) is 178 cm³/mol. The van der Waals surface area contributed by atoms with Crippen LogP contribution in [0.4, 0.5) is 0 Å². The van der Waals surface area contributed by atoms with Gasteiger partial charge in [0.2, 0.25) is 17.7 Å². The van der Waals surface area contributed by atoms with Crippen LogP contribution in [0.5, 0.6) is 0 Å². The van der Waals surface area contributed by atoms with Crippen molar-refractivity contribution in [2.75, 3.05) is 59.4 Å². The third-order valence-corrected chi connectivity index (χ3v) is 9.97. The highest BCUT2D eigenvalue weighted by molar-refractivity contribution is 5.90. The zero-order valence-corrected chi connectivity index (χ0v) is 27.6. The van der Waals surface area contributed by atoms with Crippen LogP contribution in [-0.4, -0.2) is 103 Å². The van der Waals surface area contributed by atoms with E-state index < -0.39 is 5.92 Å². The summed E-state index contributed by atoms with van der Waals surface area (Å²) in [4.78, 5) is 61.3. The van der Waals surface area contributed by atoms with Crippen LogP contribution in [0.2, 0.25) is 0 Å². The monoisotopic (exact) mass is 646 g/mol. The summed E-state index contributed by atoms with van der Waals surface area (Å²) in [5, 5.41) is 6.19. The maximum absolute atomic E-state index is 13.0. The molecule has 254 valence electrons. The van der Waals surface area contributed by atoms with Gasteiger partial charge < -0.3 is 30.1 Å². The first-order valence-corrected chi connectivity index (χ1v) is 17.3. The predicted octanol–water partition coefficient (Wildman–Crippen LogP) is 2.78. The first-order valence-electron chi connectivity index (χ1n) is 17.3. The minimum absolute atomic E-state index is 0.0166. The number of rotatable bonds is 14. The van der Waals surface area contributed by atoms with E-state index in [2.05, 4.69) is 25.4 Å². The largest absolute Gasteiger partial charge is 0.461 e. The third-order valence-electron chi connectivity index (χ3n) is 9.97. The highest BCUT2D eigenvalue weighted by Gasteiger charge is 2.42. The fraction of sp³-hybridized carbons (Fsp3) is 0.583. The van der Waals surface area contributed by atoms with Crippen molar-refractivity contribution in [3.63, 3.8) is 0 Å². The molecule has 0 spiro atoms. The smallest absolute Gasteiger partial charge is 0.309 e. The molecule has 2 N–H and O–H groups in total. The summed E-state index contributed by atoms with van der Waals surface area (Å²) in [7, 11) is 1.76. The molecule has 1 saturated carbocycles. The molecule has 0 bridgehead atoms. The van der Waals surface area contributed by atoms with Crippen LogP contribution >= 0.6 is 0 Å². The van der Waals surface area contributed by atoms with E-state index in [1.165, 1.54) is 0 Å². The SMILES string of the molecule is CN1C(=O)C[C@H](C(=O)NCCCN2CCN(CCCNC(=O)C3CCC(C(=O)OCc4ccccc4)CC3)CC2)[C@H]1c1cccnc1. The fourth-order valence-electron chi connectivity index (χ4n) is 7.09. The quantitative estimate of drug-likeness (QED) is 0.237. The van der Waals surface area contributed by atoms with Crippen LogP contribution in [0, 0.1) is 17.8 Å². The van der Waals surface area contributed by atoms with Gasteiger partial charge in [-0.3, -0.25) is 24.2 Å². The molecule has 0 radical (unpaired) electrons. The summed E-state index contributed by atoms with van der Waals surface area (Å²) in [6.07, 6.45) is 8.29. The molecule has 11 heteroatoms. The number of hydrogen-bond donors (Lipinski definition) is 2. The molecular weight excluding hydrogens is 596 g/mol. The number of piperazine rings is 1. The van der Waals surface area contributed by atoms with Gasteiger partial charge in [0.05, 0.1) is 17.9 Å². The fourth-order valence-corrected chi connectivity index (χ4v) is 7.09. The first kappa shape index (κ1) is 34.5. The highest BCUT2D eigenvalue weighted by atomic mass is 16.5. The van der Waals surface area contributed by atoms with Crippen molar-refractivity contribution in [1.29, 1.82) is 0 Å². The summed E-state index contributed by atoms with van der Waals surface area (Å²) >= 11 is 0. The number of carbonyl (C=O) groups excluding carboxylic acids is 4. The van der Waals surface area contributed by atoms with Gasteiger partial charge in [0, 0.05) is 71.0 Å². The average Bonchev–Trinajstić information content (AvgIpc) is 3.42. The molecule has 1 aromatic carbocycles. The molecule has 3 amide bonds. The Morgan fingerprint density at radius 3 is 2.06 bits per heavy atom. The van der Waals surface area contributed by atoms with Gasteiger partial charge in [-0.05, 0) is 68.8 Å². The van der Waals surface area contributed by atoms with E-state index in [1.807, 2.05) is 42.5 Å². The molecule has 3 aliphatic rings. The summed E-state index contributed by atoms with van der Waals surface area (Å²) in [6.45, 7) is 7.40. The molecule has 2 atom stereocenters. The molecule has 3 fully saturated rings. The Kier molecular flexibility index (Phi) is 12.7. The van der Waals surface area contributed by atoms with Crippen LogP contribution in [0.15, 0.2) is 54.9 Å². The van der Waals surface area contributed by atoms with Crippen LogP contribution in [0.25, 0.3) is 0 Å². The van der Waals surface area contributed by atoms with Crippen molar-refractivity contribution in [2.45, 2.75) is 57.6 Å². The maximum atomic E-state index is 13.0. The van der Waals surface area contributed by atoms with Crippen LogP contribution in [0.3, 0.4) is 0 Å².